The van der Waals surface area contributed by atoms with Gasteiger partial charge in [-0.1, -0.05) is 0 Å². The fourth-order valence-corrected chi connectivity index (χ4v) is 1.67. The molecule has 0 bridgehead atoms. The minimum Gasteiger partial charge on any atom is -0.456 e. The predicted octanol–water partition coefficient (Wildman–Crippen LogP) is 1.92. The van der Waals surface area contributed by atoms with Crippen LogP contribution in [0.5, 0.6) is 0 Å². The Bertz CT molecular complexity index is 590. The standard InChI is InChI=1S/C13H13FN2O3/c1-13(18,16-12(15)17)11-7-6-10(19-11)8-2-4-9(14)5-3-8/h2-7,18H,1H3,(H3,15,16,17). The highest BCUT2D eigenvalue weighted by molar-refractivity contribution is 5.72. The summed E-state index contributed by atoms with van der Waals surface area (Å²) >= 11 is 0. The molecule has 0 aliphatic carbocycles. The Balaban J connectivity index is 2.28. The summed E-state index contributed by atoms with van der Waals surface area (Å²) in [6.45, 7) is 1.34. The van der Waals surface area contributed by atoms with E-state index in [0.717, 1.165) is 0 Å². The van der Waals surface area contributed by atoms with Gasteiger partial charge in [0.25, 0.3) is 0 Å². The SMILES string of the molecule is CC(O)(NC(N)=O)c1ccc(-c2ccc(F)cc2)o1. The smallest absolute Gasteiger partial charge is 0.314 e. The fourth-order valence-electron chi connectivity index (χ4n) is 1.67. The molecule has 0 aliphatic rings. The van der Waals surface area contributed by atoms with Crippen molar-refractivity contribution >= 4 is 6.03 Å². The highest BCUT2D eigenvalue weighted by Crippen LogP contribution is 2.27. The van der Waals surface area contributed by atoms with Crippen LogP contribution in [0.2, 0.25) is 0 Å². The van der Waals surface area contributed by atoms with Crippen molar-refractivity contribution in [3.05, 3.63) is 48.0 Å². The summed E-state index contributed by atoms with van der Waals surface area (Å²) in [6.07, 6.45) is 0. The van der Waals surface area contributed by atoms with Crippen molar-refractivity contribution in [3.63, 3.8) is 0 Å². The summed E-state index contributed by atoms with van der Waals surface area (Å²) in [5.41, 5.74) is 3.91. The topological polar surface area (TPSA) is 88.5 Å². The summed E-state index contributed by atoms with van der Waals surface area (Å²) in [7, 11) is 0. The molecule has 1 aromatic heterocycles. The predicted molar refractivity (Wildman–Crippen MR) is 66.4 cm³/mol. The lowest BCUT2D eigenvalue weighted by molar-refractivity contribution is 0.0124. The van der Waals surface area contributed by atoms with E-state index >= 15 is 0 Å². The fraction of sp³-hybridized carbons (Fsp3) is 0.154. The van der Waals surface area contributed by atoms with Gasteiger partial charge in [-0.25, -0.2) is 9.18 Å². The number of rotatable bonds is 3. The number of urea groups is 1. The van der Waals surface area contributed by atoms with Gasteiger partial charge < -0.3 is 20.6 Å². The van der Waals surface area contributed by atoms with Gasteiger partial charge in [-0.15, -0.1) is 0 Å². The molecule has 19 heavy (non-hydrogen) atoms. The van der Waals surface area contributed by atoms with Gasteiger partial charge in [-0.05, 0) is 43.3 Å². The second kappa shape index (κ2) is 4.74. The number of nitrogens with two attached hydrogens (primary N) is 1. The second-order valence-electron chi connectivity index (χ2n) is 4.23. The first-order valence-corrected chi connectivity index (χ1v) is 5.55. The van der Waals surface area contributed by atoms with Gasteiger partial charge in [0.1, 0.15) is 11.6 Å². The number of amides is 2. The van der Waals surface area contributed by atoms with Gasteiger partial charge in [0, 0.05) is 5.56 Å². The van der Waals surface area contributed by atoms with E-state index < -0.39 is 11.8 Å². The number of furan rings is 1. The zero-order valence-electron chi connectivity index (χ0n) is 10.2. The zero-order chi connectivity index (χ0) is 14.0. The Labute approximate surface area is 108 Å². The van der Waals surface area contributed by atoms with E-state index in [2.05, 4.69) is 5.32 Å². The molecule has 0 fully saturated rings. The lowest BCUT2D eigenvalue weighted by atomic mass is 10.2. The third kappa shape index (κ3) is 2.92. The molecule has 1 heterocycles. The van der Waals surface area contributed by atoms with Gasteiger partial charge >= 0.3 is 6.03 Å². The quantitative estimate of drug-likeness (QED) is 0.740. The molecule has 6 heteroatoms. The normalized spacial score (nSPS) is 13.8. The van der Waals surface area contributed by atoms with Gasteiger partial charge in [-0.2, -0.15) is 0 Å². The summed E-state index contributed by atoms with van der Waals surface area (Å²) in [5.74, 6) is 0.227. The molecule has 5 nitrogen and oxygen atoms in total. The molecule has 0 spiro atoms. The molecule has 2 aromatic rings. The van der Waals surface area contributed by atoms with Gasteiger partial charge in [0.15, 0.2) is 11.5 Å². The first-order chi connectivity index (χ1) is 8.88. The number of halogens is 1. The van der Waals surface area contributed by atoms with Crippen LogP contribution in [0.4, 0.5) is 9.18 Å². The van der Waals surface area contributed by atoms with Gasteiger partial charge in [0.2, 0.25) is 0 Å². The summed E-state index contributed by atoms with van der Waals surface area (Å²) in [5, 5.41) is 12.1. The van der Waals surface area contributed by atoms with E-state index in [-0.39, 0.29) is 11.6 Å². The molecular weight excluding hydrogens is 251 g/mol. The van der Waals surface area contributed by atoms with Crippen LogP contribution in [-0.4, -0.2) is 11.1 Å². The van der Waals surface area contributed by atoms with Crippen molar-refractivity contribution in [3.8, 4) is 11.3 Å². The van der Waals surface area contributed by atoms with E-state index in [1.807, 2.05) is 0 Å². The number of carbonyl (C=O) groups excluding carboxylic acids is 1. The summed E-state index contributed by atoms with van der Waals surface area (Å²) in [4.78, 5) is 10.8. The highest BCUT2D eigenvalue weighted by Gasteiger charge is 2.28. The average molecular weight is 264 g/mol. The van der Waals surface area contributed by atoms with E-state index in [4.69, 9.17) is 10.2 Å². The van der Waals surface area contributed by atoms with Crippen LogP contribution in [0.25, 0.3) is 11.3 Å². The molecule has 2 rings (SSSR count). The van der Waals surface area contributed by atoms with Crippen LogP contribution in [-0.2, 0) is 5.72 Å². The van der Waals surface area contributed by atoms with Crippen LogP contribution >= 0.6 is 0 Å². The largest absolute Gasteiger partial charge is 0.456 e. The lowest BCUT2D eigenvalue weighted by Crippen LogP contribution is -2.45. The van der Waals surface area contributed by atoms with Crippen molar-refractivity contribution in [2.45, 2.75) is 12.6 Å². The molecule has 2 amide bonds. The van der Waals surface area contributed by atoms with Crippen LogP contribution in [0.3, 0.4) is 0 Å². The Kier molecular flexibility index (Phi) is 3.26. The van der Waals surface area contributed by atoms with Crippen LogP contribution in [0.1, 0.15) is 12.7 Å². The maximum absolute atomic E-state index is 12.8. The number of primary amides is 1. The monoisotopic (exact) mass is 264 g/mol. The Hall–Kier alpha value is -2.34. The maximum Gasteiger partial charge on any atom is 0.314 e. The number of hydrogen-bond donors (Lipinski definition) is 3. The lowest BCUT2D eigenvalue weighted by Gasteiger charge is -2.20. The van der Waals surface area contributed by atoms with E-state index in [9.17, 15) is 14.3 Å². The minimum atomic E-state index is -1.70. The molecule has 0 aliphatic heterocycles. The zero-order valence-corrected chi connectivity index (χ0v) is 10.2. The molecule has 0 saturated heterocycles. The van der Waals surface area contributed by atoms with Crippen LogP contribution in [0, 0.1) is 5.82 Å². The molecular formula is C13H13FN2O3. The van der Waals surface area contributed by atoms with E-state index in [0.29, 0.717) is 11.3 Å². The molecule has 1 aromatic carbocycles. The maximum atomic E-state index is 12.8. The Morgan fingerprint density at radius 2 is 1.95 bits per heavy atom. The molecule has 100 valence electrons. The van der Waals surface area contributed by atoms with Gasteiger partial charge in [0.05, 0.1) is 0 Å². The van der Waals surface area contributed by atoms with Crippen molar-refractivity contribution in [2.24, 2.45) is 5.73 Å². The number of hydrogen-bond acceptors (Lipinski definition) is 3. The molecule has 4 N–H and O–H groups in total. The molecule has 1 unspecified atom stereocenters. The number of nitrogens with one attached hydrogen (secondary N) is 1. The Morgan fingerprint density at radius 3 is 2.53 bits per heavy atom. The van der Waals surface area contributed by atoms with Crippen molar-refractivity contribution in [2.75, 3.05) is 0 Å². The number of carbonyl (C=O) groups is 1. The van der Waals surface area contributed by atoms with E-state index in [1.54, 1.807) is 18.2 Å². The van der Waals surface area contributed by atoms with Crippen molar-refractivity contribution < 1.29 is 18.7 Å². The third-order valence-corrected chi connectivity index (χ3v) is 2.58. The van der Waals surface area contributed by atoms with Crippen LogP contribution in [0.15, 0.2) is 40.8 Å². The first-order valence-electron chi connectivity index (χ1n) is 5.55. The second-order valence-corrected chi connectivity index (χ2v) is 4.23. The Morgan fingerprint density at radius 1 is 1.32 bits per heavy atom. The molecule has 1 atom stereocenters. The van der Waals surface area contributed by atoms with Crippen molar-refractivity contribution in [1.29, 1.82) is 0 Å². The molecule has 0 saturated carbocycles. The highest BCUT2D eigenvalue weighted by atomic mass is 19.1. The average Bonchev–Trinajstić information content (AvgIpc) is 2.78. The molecule has 0 radical (unpaired) electrons. The summed E-state index contributed by atoms with van der Waals surface area (Å²) < 4.78 is 18.2. The third-order valence-electron chi connectivity index (χ3n) is 2.58. The van der Waals surface area contributed by atoms with Crippen LogP contribution < -0.4 is 11.1 Å². The number of benzene rings is 1. The van der Waals surface area contributed by atoms with Gasteiger partial charge in [-0.3, -0.25) is 0 Å². The summed E-state index contributed by atoms with van der Waals surface area (Å²) in [6, 6.07) is 7.95. The van der Waals surface area contributed by atoms with Crippen molar-refractivity contribution in [1.82, 2.24) is 5.32 Å². The number of aliphatic hydroxyl groups is 1. The first kappa shape index (κ1) is 13.1. The minimum absolute atomic E-state index is 0.130. The van der Waals surface area contributed by atoms with E-state index in [1.165, 1.54) is 25.1 Å².